The van der Waals surface area contributed by atoms with Crippen molar-refractivity contribution in [1.29, 1.82) is 0 Å². The first-order valence-electron chi connectivity index (χ1n) is 10.4. The molecule has 0 atom stereocenters. The fourth-order valence-corrected chi connectivity index (χ4v) is 4.42. The van der Waals surface area contributed by atoms with Crippen molar-refractivity contribution in [3.05, 3.63) is 64.2 Å². The number of hydrogen-bond acceptors (Lipinski definition) is 4. The van der Waals surface area contributed by atoms with Crippen LogP contribution in [0.5, 0.6) is 11.5 Å². The molecule has 1 N–H and O–H groups in total. The molecule has 4 rings (SSSR count). The molecular weight excluding hydrogens is 394 g/mol. The molecule has 0 fully saturated rings. The van der Waals surface area contributed by atoms with Gasteiger partial charge in [0.1, 0.15) is 11.5 Å². The number of nitrogens with zero attached hydrogens (tertiary/aromatic N) is 1. The topological polar surface area (TPSA) is 76.1 Å². The van der Waals surface area contributed by atoms with E-state index in [-0.39, 0.29) is 18.0 Å². The third-order valence-electron chi connectivity index (χ3n) is 5.72. The van der Waals surface area contributed by atoms with Gasteiger partial charge in [-0.25, -0.2) is 4.79 Å². The highest BCUT2D eigenvalue weighted by atomic mass is 16.5. The van der Waals surface area contributed by atoms with Crippen molar-refractivity contribution in [2.45, 2.75) is 34.2 Å². The van der Waals surface area contributed by atoms with Crippen molar-refractivity contribution in [2.75, 3.05) is 18.1 Å². The Morgan fingerprint density at radius 2 is 1.61 bits per heavy atom. The van der Waals surface area contributed by atoms with Crippen molar-refractivity contribution < 1.29 is 24.2 Å². The molecular formula is C25H25NO5. The summed E-state index contributed by atoms with van der Waals surface area (Å²) in [6, 6.07) is 11.3. The van der Waals surface area contributed by atoms with Gasteiger partial charge in [-0.05, 0) is 44.9 Å². The molecule has 1 heterocycles. The predicted octanol–water partition coefficient (Wildman–Crippen LogP) is 5.11. The van der Waals surface area contributed by atoms with E-state index in [1.807, 2.05) is 38.1 Å². The number of aromatic carboxylic acids is 1. The molecule has 1 aliphatic heterocycles. The summed E-state index contributed by atoms with van der Waals surface area (Å²) in [5.74, 6) is 0.00751. The summed E-state index contributed by atoms with van der Waals surface area (Å²) in [7, 11) is 0. The van der Waals surface area contributed by atoms with Gasteiger partial charge in [0.2, 0.25) is 0 Å². The molecule has 0 bridgehead atoms. The van der Waals surface area contributed by atoms with Gasteiger partial charge in [0, 0.05) is 22.0 Å². The number of fused-ring (bicyclic) bond motifs is 2. The van der Waals surface area contributed by atoms with Crippen molar-refractivity contribution in [3.63, 3.8) is 0 Å². The van der Waals surface area contributed by atoms with Crippen LogP contribution in [0.1, 0.15) is 51.3 Å². The Kier molecular flexibility index (Phi) is 5.31. The summed E-state index contributed by atoms with van der Waals surface area (Å²) in [5, 5.41) is 11.4. The first-order valence-corrected chi connectivity index (χ1v) is 10.4. The molecule has 0 aromatic heterocycles. The summed E-state index contributed by atoms with van der Waals surface area (Å²) >= 11 is 0. The van der Waals surface area contributed by atoms with Gasteiger partial charge < -0.3 is 19.5 Å². The van der Waals surface area contributed by atoms with Gasteiger partial charge in [0.15, 0.2) is 0 Å². The van der Waals surface area contributed by atoms with Gasteiger partial charge in [-0.1, -0.05) is 30.3 Å². The number of hydrogen-bond donors (Lipinski definition) is 1. The van der Waals surface area contributed by atoms with E-state index in [2.05, 4.69) is 0 Å². The fraction of sp³-hybridized carbons (Fsp3) is 0.280. The van der Waals surface area contributed by atoms with Crippen LogP contribution in [-0.4, -0.2) is 30.2 Å². The molecule has 0 unspecified atom stereocenters. The molecule has 0 spiro atoms. The van der Waals surface area contributed by atoms with Gasteiger partial charge in [0.25, 0.3) is 5.91 Å². The number of carbonyl (C=O) groups excluding carboxylic acids is 1. The molecule has 160 valence electrons. The number of rotatable bonds is 6. The summed E-state index contributed by atoms with van der Waals surface area (Å²) in [5.41, 5.74) is 3.29. The molecule has 6 nitrogen and oxygen atoms in total. The average Bonchev–Trinajstić information content (AvgIpc) is 3.07. The standard InChI is InChI=1S/C25H25NO5/c1-5-30-22-16-9-7-8-10-17(16)23(31-6-2)21-18(22)13-26(24(21)27)19-12-11-14(3)20(15(19)4)25(28)29/h7-12H,5-6,13H2,1-4H3,(H,28,29). The maximum absolute atomic E-state index is 13.7. The first kappa shape index (κ1) is 20.7. The van der Waals surface area contributed by atoms with Crippen molar-refractivity contribution in [2.24, 2.45) is 0 Å². The summed E-state index contributed by atoms with van der Waals surface area (Å²) < 4.78 is 12.0. The second-order valence-corrected chi connectivity index (χ2v) is 7.52. The predicted molar refractivity (Wildman–Crippen MR) is 120 cm³/mol. The van der Waals surface area contributed by atoms with E-state index < -0.39 is 5.97 Å². The lowest BCUT2D eigenvalue weighted by Crippen LogP contribution is -2.25. The monoisotopic (exact) mass is 419 g/mol. The quantitative estimate of drug-likeness (QED) is 0.601. The summed E-state index contributed by atoms with van der Waals surface area (Å²) in [6.07, 6.45) is 0. The second kappa shape index (κ2) is 7.95. The maximum atomic E-state index is 13.7. The minimum absolute atomic E-state index is 0.214. The normalized spacial score (nSPS) is 12.9. The Morgan fingerprint density at radius 1 is 1.00 bits per heavy atom. The number of amides is 1. The smallest absolute Gasteiger partial charge is 0.336 e. The Morgan fingerprint density at radius 3 is 2.23 bits per heavy atom. The lowest BCUT2D eigenvalue weighted by Gasteiger charge is -2.20. The molecule has 31 heavy (non-hydrogen) atoms. The third-order valence-corrected chi connectivity index (χ3v) is 5.72. The van der Waals surface area contributed by atoms with Gasteiger partial charge >= 0.3 is 5.97 Å². The van der Waals surface area contributed by atoms with Gasteiger partial charge in [-0.15, -0.1) is 0 Å². The zero-order valence-corrected chi connectivity index (χ0v) is 18.1. The first-order chi connectivity index (χ1) is 14.9. The average molecular weight is 419 g/mol. The number of carboxylic acid groups (broad SMARTS) is 1. The highest BCUT2D eigenvalue weighted by Crippen LogP contribution is 2.46. The van der Waals surface area contributed by atoms with E-state index in [4.69, 9.17) is 9.47 Å². The van der Waals surface area contributed by atoms with Crippen LogP contribution < -0.4 is 14.4 Å². The minimum atomic E-state index is -1.00. The Balaban J connectivity index is 1.96. The van der Waals surface area contributed by atoms with E-state index in [1.54, 1.807) is 30.9 Å². The zero-order chi connectivity index (χ0) is 22.3. The molecule has 0 aliphatic carbocycles. The summed E-state index contributed by atoms with van der Waals surface area (Å²) in [4.78, 5) is 27.1. The number of ether oxygens (including phenoxy) is 2. The van der Waals surface area contributed by atoms with Crippen molar-refractivity contribution in [1.82, 2.24) is 0 Å². The molecule has 1 amide bonds. The van der Waals surface area contributed by atoms with Crippen LogP contribution in [0.4, 0.5) is 5.69 Å². The number of anilines is 1. The van der Waals surface area contributed by atoms with Gasteiger partial charge in [-0.3, -0.25) is 4.79 Å². The number of carboxylic acids is 1. The highest BCUT2D eigenvalue weighted by molar-refractivity contribution is 6.17. The van der Waals surface area contributed by atoms with Crippen LogP contribution in [0.15, 0.2) is 36.4 Å². The Bertz CT molecular complexity index is 1210. The van der Waals surface area contributed by atoms with Crippen LogP contribution in [0, 0.1) is 13.8 Å². The molecule has 0 saturated carbocycles. The minimum Gasteiger partial charge on any atom is -0.493 e. The Hall–Kier alpha value is -3.54. The molecule has 1 aliphatic rings. The Labute approximate surface area is 181 Å². The van der Waals surface area contributed by atoms with E-state index >= 15 is 0 Å². The van der Waals surface area contributed by atoms with E-state index in [1.165, 1.54) is 0 Å². The lowest BCUT2D eigenvalue weighted by molar-refractivity contribution is 0.0695. The van der Waals surface area contributed by atoms with Crippen molar-refractivity contribution in [3.8, 4) is 11.5 Å². The van der Waals surface area contributed by atoms with E-state index in [0.717, 1.165) is 16.3 Å². The molecule has 6 heteroatoms. The SMILES string of the molecule is CCOc1c2c(c(OCC)c3ccccc13)C(=O)N(c1ccc(C)c(C(=O)O)c1C)C2. The second-order valence-electron chi connectivity index (χ2n) is 7.52. The number of aryl methyl sites for hydroxylation is 1. The van der Waals surface area contributed by atoms with Crippen LogP contribution in [0.3, 0.4) is 0 Å². The zero-order valence-electron chi connectivity index (χ0n) is 18.1. The van der Waals surface area contributed by atoms with Crippen LogP contribution in [-0.2, 0) is 6.54 Å². The molecule has 0 radical (unpaired) electrons. The van der Waals surface area contributed by atoms with Crippen molar-refractivity contribution >= 4 is 28.3 Å². The van der Waals surface area contributed by atoms with Gasteiger partial charge in [-0.2, -0.15) is 0 Å². The molecule has 3 aromatic carbocycles. The maximum Gasteiger partial charge on any atom is 0.336 e. The lowest BCUT2D eigenvalue weighted by atomic mass is 9.99. The number of carbonyl (C=O) groups is 2. The van der Waals surface area contributed by atoms with Gasteiger partial charge in [0.05, 0.1) is 30.9 Å². The largest absolute Gasteiger partial charge is 0.493 e. The summed E-state index contributed by atoms with van der Waals surface area (Å²) in [6.45, 7) is 8.47. The van der Waals surface area contributed by atoms with Crippen LogP contribution in [0.2, 0.25) is 0 Å². The number of benzene rings is 3. The fourth-order valence-electron chi connectivity index (χ4n) is 4.42. The molecule has 0 saturated heterocycles. The van der Waals surface area contributed by atoms with E-state index in [0.29, 0.717) is 47.1 Å². The van der Waals surface area contributed by atoms with Crippen LogP contribution in [0.25, 0.3) is 10.8 Å². The third kappa shape index (κ3) is 3.19. The molecule has 3 aromatic rings. The van der Waals surface area contributed by atoms with E-state index in [9.17, 15) is 14.7 Å². The van der Waals surface area contributed by atoms with Crippen LogP contribution >= 0.6 is 0 Å². The highest BCUT2D eigenvalue weighted by Gasteiger charge is 2.37.